The van der Waals surface area contributed by atoms with Crippen molar-refractivity contribution in [2.75, 3.05) is 24.3 Å². The fourth-order valence-corrected chi connectivity index (χ4v) is 4.16. The molecule has 9 nitrogen and oxygen atoms in total. The lowest BCUT2D eigenvalue weighted by molar-refractivity contribution is 0.0549. The minimum Gasteiger partial charge on any atom is -0.482 e. The Balaban J connectivity index is 1.48. The van der Waals surface area contributed by atoms with Crippen molar-refractivity contribution in [3.8, 4) is 5.75 Å². The van der Waals surface area contributed by atoms with Crippen LogP contribution in [0.4, 0.5) is 15.9 Å². The van der Waals surface area contributed by atoms with Crippen LogP contribution in [-0.2, 0) is 4.74 Å². The molecule has 1 saturated heterocycles. The average Bonchev–Trinajstić information content (AvgIpc) is 3.27. The fourth-order valence-electron chi connectivity index (χ4n) is 3.48. The molecule has 2 unspecified atom stereocenters. The SMILES string of the molecule is CC(Oc1cc(C(=O)Nc2cnn(C3CCCOC3)c2)nnc1N)c1c(Cl)ccc(F)c1Cl. The van der Waals surface area contributed by atoms with Crippen LogP contribution in [0.25, 0.3) is 0 Å². The Morgan fingerprint density at radius 3 is 2.97 bits per heavy atom. The van der Waals surface area contributed by atoms with Crippen molar-refractivity contribution in [3.63, 3.8) is 0 Å². The predicted octanol–water partition coefficient (Wildman–Crippen LogP) is 4.45. The van der Waals surface area contributed by atoms with Gasteiger partial charge in [0.15, 0.2) is 17.3 Å². The quantitative estimate of drug-likeness (QED) is 0.486. The van der Waals surface area contributed by atoms with Gasteiger partial charge in [-0.1, -0.05) is 23.2 Å². The molecule has 2 atom stereocenters. The number of nitrogens with one attached hydrogen (secondary N) is 1. The normalized spacial score (nSPS) is 16.9. The first kappa shape index (κ1) is 23.2. The molecular formula is C21H21Cl2FN6O3. The average molecular weight is 495 g/mol. The number of halogens is 3. The second-order valence-corrected chi connectivity index (χ2v) is 8.32. The van der Waals surface area contributed by atoms with E-state index in [1.165, 1.54) is 12.1 Å². The minimum atomic E-state index is -0.779. The standard InChI is InChI=1S/C21H21Cl2FN6O3/c1-11(18-14(22)4-5-15(24)19(18)23)33-17-7-16(28-29-20(17)25)21(31)27-12-8-26-30(9-12)13-3-2-6-32-10-13/h4-5,7-9,11,13H,2-3,6,10H2,1H3,(H2,25,29)(H,27,31). The highest BCUT2D eigenvalue weighted by Gasteiger charge is 2.22. The topological polar surface area (TPSA) is 117 Å². The van der Waals surface area contributed by atoms with E-state index in [2.05, 4.69) is 20.6 Å². The summed E-state index contributed by atoms with van der Waals surface area (Å²) in [7, 11) is 0. The van der Waals surface area contributed by atoms with E-state index in [0.717, 1.165) is 25.5 Å². The van der Waals surface area contributed by atoms with Crippen molar-refractivity contribution in [2.24, 2.45) is 0 Å². The number of nitrogen functional groups attached to an aromatic ring is 1. The summed E-state index contributed by atoms with van der Waals surface area (Å²) in [5.74, 6) is -1.13. The third-order valence-corrected chi connectivity index (χ3v) is 5.89. The smallest absolute Gasteiger partial charge is 0.276 e. The van der Waals surface area contributed by atoms with Crippen molar-refractivity contribution in [3.05, 3.63) is 57.7 Å². The zero-order valence-electron chi connectivity index (χ0n) is 17.6. The van der Waals surface area contributed by atoms with Gasteiger partial charge in [-0.3, -0.25) is 9.48 Å². The number of carbonyl (C=O) groups is 1. The van der Waals surface area contributed by atoms with Gasteiger partial charge in [0.05, 0.1) is 29.6 Å². The van der Waals surface area contributed by atoms with E-state index in [-0.39, 0.29) is 38.9 Å². The maximum Gasteiger partial charge on any atom is 0.276 e. The molecule has 12 heteroatoms. The fraction of sp³-hybridized carbons (Fsp3) is 0.333. The number of nitrogens with two attached hydrogens (primary N) is 1. The van der Waals surface area contributed by atoms with Gasteiger partial charge in [0, 0.05) is 29.5 Å². The molecule has 2 aromatic heterocycles. The first-order chi connectivity index (χ1) is 15.8. The highest BCUT2D eigenvalue weighted by molar-refractivity contribution is 6.36. The minimum absolute atomic E-state index is 0.0309. The molecule has 0 spiro atoms. The third-order valence-electron chi connectivity index (χ3n) is 5.18. The molecule has 0 radical (unpaired) electrons. The number of carbonyl (C=O) groups excluding carboxylic acids is 1. The van der Waals surface area contributed by atoms with E-state index in [1.807, 2.05) is 0 Å². The molecule has 3 N–H and O–H groups in total. The van der Waals surface area contributed by atoms with Crippen molar-refractivity contribution in [1.82, 2.24) is 20.0 Å². The summed E-state index contributed by atoms with van der Waals surface area (Å²) in [6.45, 7) is 2.95. The molecule has 3 aromatic rings. The summed E-state index contributed by atoms with van der Waals surface area (Å²) < 4.78 is 26.9. The number of aromatic nitrogens is 4. The summed E-state index contributed by atoms with van der Waals surface area (Å²) in [6, 6.07) is 4.01. The van der Waals surface area contributed by atoms with Crippen LogP contribution in [0.1, 0.15) is 48.0 Å². The van der Waals surface area contributed by atoms with Crippen molar-refractivity contribution < 1.29 is 18.7 Å². The van der Waals surface area contributed by atoms with Crippen LogP contribution in [0, 0.1) is 5.82 Å². The molecule has 0 bridgehead atoms. The van der Waals surface area contributed by atoms with Crippen molar-refractivity contribution in [2.45, 2.75) is 31.9 Å². The maximum absolute atomic E-state index is 13.9. The highest BCUT2D eigenvalue weighted by Crippen LogP contribution is 2.35. The Morgan fingerprint density at radius 1 is 1.39 bits per heavy atom. The number of amides is 1. The lowest BCUT2D eigenvalue weighted by Crippen LogP contribution is -2.21. The summed E-state index contributed by atoms with van der Waals surface area (Å²) in [5.41, 5.74) is 6.58. The summed E-state index contributed by atoms with van der Waals surface area (Å²) in [6.07, 6.45) is 4.41. The zero-order valence-corrected chi connectivity index (χ0v) is 19.1. The molecule has 0 saturated carbocycles. The second-order valence-electron chi connectivity index (χ2n) is 7.53. The van der Waals surface area contributed by atoms with Crippen molar-refractivity contribution in [1.29, 1.82) is 0 Å². The van der Waals surface area contributed by atoms with E-state index in [4.69, 9.17) is 38.4 Å². The number of anilines is 2. The van der Waals surface area contributed by atoms with E-state index >= 15 is 0 Å². The molecule has 1 aliphatic rings. The molecule has 33 heavy (non-hydrogen) atoms. The zero-order chi connectivity index (χ0) is 23.5. The molecule has 4 rings (SSSR count). The molecule has 174 valence electrons. The van der Waals surface area contributed by atoms with Gasteiger partial charge in [-0.2, -0.15) is 5.10 Å². The Morgan fingerprint density at radius 2 is 2.21 bits per heavy atom. The lowest BCUT2D eigenvalue weighted by Gasteiger charge is -2.22. The second kappa shape index (κ2) is 9.90. The number of hydrogen-bond donors (Lipinski definition) is 2. The Hall–Kier alpha value is -2.95. The van der Waals surface area contributed by atoms with Gasteiger partial charge in [-0.15, -0.1) is 10.2 Å². The van der Waals surface area contributed by atoms with Crippen LogP contribution in [0.3, 0.4) is 0 Å². The predicted molar refractivity (Wildman–Crippen MR) is 121 cm³/mol. The molecule has 1 aromatic carbocycles. The van der Waals surface area contributed by atoms with Gasteiger partial charge in [0.1, 0.15) is 11.9 Å². The summed E-state index contributed by atoms with van der Waals surface area (Å²) >= 11 is 12.2. The number of benzene rings is 1. The van der Waals surface area contributed by atoms with Gasteiger partial charge in [0.2, 0.25) is 0 Å². The number of nitrogens with zero attached hydrogens (tertiary/aromatic N) is 4. The van der Waals surface area contributed by atoms with Gasteiger partial charge < -0.3 is 20.5 Å². The van der Waals surface area contributed by atoms with E-state index in [0.29, 0.717) is 12.3 Å². The van der Waals surface area contributed by atoms with E-state index in [1.54, 1.807) is 24.0 Å². The first-order valence-electron chi connectivity index (χ1n) is 10.2. The van der Waals surface area contributed by atoms with Crippen molar-refractivity contribution >= 4 is 40.6 Å². The van der Waals surface area contributed by atoms with Crippen LogP contribution >= 0.6 is 23.2 Å². The molecule has 3 heterocycles. The molecule has 1 amide bonds. The Kier molecular flexibility index (Phi) is 6.96. The van der Waals surface area contributed by atoms with E-state index < -0.39 is 17.8 Å². The Bertz CT molecular complexity index is 1170. The van der Waals surface area contributed by atoms with Crippen LogP contribution in [0.5, 0.6) is 5.75 Å². The molecule has 1 aliphatic heterocycles. The highest BCUT2D eigenvalue weighted by atomic mass is 35.5. The van der Waals surface area contributed by atoms with Gasteiger partial charge in [-0.25, -0.2) is 4.39 Å². The Labute approximate surface area is 199 Å². The third kappa shape index (κ3) is 5.18. The maximum atomic E-state index is 13.9. The first-order valence-corrected chi connectivity index (χ1v) is 11.0. The van der Waals surface area contributed by atoms with Gasteiger partial charge >= 0.3 is 0 Å². The molecular weight excluding hydrogens is 474 g/mol. The number of rotatable bonds is 6. The van der Waals surface area contributed by atoms with Crippen LogP contribution in [0.15, 0.2) is 30.6 Å². The summed E-state index contributed by atoms with van der Waals surface area (Å²) in [4.78, 5) is 12.7. The van der Waals surface area contributed by atoms with Gasteiger partial charge in [-0.05, 0) is 31.9 Å². The van der Waals surface area contributed by atoms with Gasteiger partial charge in [0.25, 0.3) is 5.91 Å². The number of hydrogen-bond acceptors (Lipinski definition) is 7. The summed E-state index contributed by atoms with van der Waals surface area (Å²) in [5, 5.41) is 14.7. The monoisotopic (exact) mass is 494 g/mol. The molecule has 0 aliphatic carbocycles. The van der Waals surface area contributed by atoms with Crippen LogP contribution in [-0.4, -0.2) is 39.1 Å². The largest absolute Gasteiger partial charge is 0.482 e. The lowest BCUT2D eigenvalue weighted by atomic mass is 10.1. The molecule has 1 fully saturated rings. The van der Waals surface area contributed by atoms with Crippen LogP contribution < -0.4 is 15.8 Å². The van der Waals surface area contributed by atoms with Crippen LogP contribution in [0.2, 0.25) is 10.0 Å². The van der Waals surface area contributed by atoms with E-state index in [9.17, 15) is 9.18 Å². The number of ether oxygens (including phenoxy) is 2.